The number of aromatic hydroxyl groups is 1. The zero-order chi connectivity index (χ0) is 13.4. The zero-order valence-electron chi connectivity index (χ0n) is 9.02. The van der Waals surface area contributed by atoms with Gasteiger partial charge in [0.2, 0.25) is 0 Å². The minimum absolute atomic E-state index is 0.0872. The Bertz CT molecular complexity index is 642. The SMILES string of the molecule is Cn1nc(Cl)c(O)c1S(=O)c1ccc(Cl)cc1Cl. The number of nitrogens with zero attached hydrogens (tertiary/aromatic N) is 2. The van der Waals surface area contributed by atoms with Gasteiger partial charge in [0.15, 0.2) is 15.9 Å². The van der Waals surface area contributed by atoms with E-state index in [4.69, 9.17) is 34.8 Å². The quantitative estimate of drug-likeness (QED) is 0.922. The molecule has 0 amide bonds. The smallest absolute Gasteiger partial charge is 0.194 e. The first-order valence-corrected chi connectivity index (χ1v) is 6.98. The Labute approximate surface area is 121 Å². The molecule has 0 aliphatic heterocycles. The standard InChI is InChI=1S/C10H7Cl3N2O2S/c1-15-10(8(16)9(13)14-15)18(17)7-3-2-5(11)4-6(7)12/h2-4,16H,1H3. The van der Waals surface area contributed by atoms with E-state index in [-0.39, 0.29) is 21.0 Å². The van der Waals surface area contributed by atoms with Gasteiger partial charge in [-0.2, -0.15) is 5.10 Å². The van der Waals surface area contributed by atoms with Crippen molar-refractivity contribution in [1.29, 1.82) is 0 Å². The predicted molar refractivity (Wildman–Crippen MR) is 71.0 cm³/mol. The zero-order valence-corrected chi connectivity index (χ0v) is 12.1. The van der Waals surface area contributed by atoms with Crippen LogP contribution in [0, 0.1) is 0 Å². The summed E-state index contributed by atoms with van der Waals surface area (Å²) in [4.78, 5) is 0.330. The molecule has 0 spiro atoms. The molecule has 2 rings (SSSR count). The number of benzene rings is 1. The van der Waals surface area contributed by atoms with Crippen molar-refractivity contribution in [2.75, 3.05) is 0 Å². The van der Waals surface area contributed by atoms with Crippen molar-refractivity contribution in [1.82, 2.24) is 9.78 Å². The van der Waals surface area contributed by atoms with Gasteiger partial charge in [-0.3, -0.25) is 4.68 Å². The third-order valence-corrected chi connectivity index (χ3v) is 4.68. The molecule has 0 aliphatic rings. The van der Waals surface area contributed by atoms with Gasteiger partial charge in [-0.1, -0.05) is 34.8 Å². The Morgan fingerprint density at radius 1 is 1.33 bits per heavy atom. The van der Waals surface area contributed by atoms with Gasteiger partial charge in [0.05, 0.1) is 9.92 Å². The summed E-state index contributed by atoms with van der Waals surface area (Å²) in [5, 5.41) is 14.2. The highest BCUT2D eigenvalue weighted by Gasteiger charge is 2.22. The van der Waals surface area contributed by atoms with Crippen molar-refractivity contribution in [3.63, 3.8) is 0 Å². The molecule has 0 aliphatic carbocycles. The van der Waals surface area contributed by atoms with E-state index in [0.29, 0.717) is 9.92 Å². The normalized spacial score (nSPS) is 12.7. The summed E-state index contributed by atoms with van der Waals surface area (Å²) >= 11 is 17.4. The lowest BCUT2D eigenvalue weighted by Gasteiger charge is -2.05. The molecule has 1 atom stereocenters. The van der Waals surface area contributed by atoms with Crippen molar-refractivity contribution in [3.8, 4) is 5.75 Å². The fourth-order valence-electron chi connectivity index (χ4n) is 1.40. The highest BCUT2D eigenvalue weighted by Crippen LogP contribution is 2.34. The highest BCUT2D eigenvalue weighted by atomic mass is 35.5. The average Bonchev–Trinajstić information content (AvgIpc) is 2.52. The summed E-state index contributed by atoms with van der Waals surface area (Å²) in [6, 6.07) is 4.57. The second-order valence-electron chi connectivity index (χ2n) is 3.41. The second kappa shape index (κ2) is 5.09. The molecule has 0 saturated heterocycles. The van der Waals surface area contributed by atoms with E-state index in [1.165, 1.54) is 23.9 Å². The highest BCUT2D eigenvalue weighted by molar-refractivity contribution is 7.85. The van der Waals surface area contributed by atoms with E-state index in [1.807, 2.05) is 0 Å². The average molecular weight is 326 g/mol. The molecule has 1 heterocycles. The fraction of sp³-hybridized carbons (Fsp3) is 0.100. The molecule has 4 nitrogen and oxygen atoms in total. The van der Waals surface area contributed by atoms with Gasteiger partial charge in [-0.25, -0.2) is 4.21 Å². The van der Waals surface area contributed by atoms with Gasteiger partial charge in [0.1, 0.15) is 10.8 Å². The molecular formula is C10H7Cl3N2O2S. The Morgan fingerprint density at radius 3 is 2.50 bits per heavy atom. The maximum absolute atomic E-state index is 12.3. The first-order valence-electron chi connectivity index (χ1n) is 4.70. The van der Waals surface area contributed by atoms with Crippen molar-refractivity contribution < 1.29 is 9.32 Å². The number of halogens is 3. The van der Waals surface area contributed by atoms with Crippen LogP contribution >= 0.6 is 34.8 Å². The van der Waals surface area contributed by atoms with Crippen LogP contribution in [0.3, 0.4) is 0 Å². The van der Waals surface area contributed by atoms with Crippen LogP contribution in [0.1, 0.15) is 0 Å². The molecular weight excluding hydrogens is 319 g/mol. The molecule has 96 valence electrons. The fourth-order valence-corrected chi connectivity index (χ4v) is 3.47. The van der Waals surface area contributed by atoms with Gasteiger partial charge in [-0.05, 0) is 18.2 Å². The second-order valence-corrected chi connectivity index (χ2v) is 5.98. The summed E-state index contributed by atoms with van der Waals surface area (Å²) in [5.74, 6) is -0.316. The van der Waals surface area contributed by atoms with E-state index in [9.17, 15) is 9.32 Å². The van der Waals surface area contributed by atoms with Gasteiger partial charge >= 0.3 is 0 Å². The lowest BCUT2D eigenvalue weighted by atomic mass is 10.4. The molecule has 1 N–H and O–H groups in total. The summed E-state index contributed by atoms with van der Waals surface area (Å²) in [7, 11) is -0.163. The van der Waals surface area contributed by atoms with Crippen LogP contribution in [0.4, 0.5) is 0 Å². The molecule has 1 unspecified atom stereocenters. The summed E-state index contributed by atoms with van der Waals surface area (Å²) in [5.41, 5.74) is 0. The Kier molecular flexibility index (Phi) is 3.87. The van der Waals surface area contributed by atoms with E-state index < -0.39 is 10.8 Å². The molecule has 0 bridgehead atoms. The first kappa shape index (κ1) is 13.7. The minimum Gasteiger partial charge on any atom is -0.503 e. The monoisotopic (exact) mass is 324 g/mol. The predicted octanol–water partition coefficient (Wildman–Crippen LogP) is 3.25. The molecule has 2 aromatic rings. The van der Waals surface area contributed by atoms with Crippen LogP contribution in [0.2, 0.25) is 15.2 Å². The maximum Gasteiger partial charge on any atom is 0.194 e. The lowest BCUT2D eigenvalue weighted by molar-refractivity contribution is 0.455. The third kappa shape index (κ3) is 2.36. The van der Waals surface area contributed by atoms with E-state index >= 15 is 0 Å². The van der Waals surface area contributed by atoms with Crippen molar-refractivity contribution in [3.05, 3.63) is 33.4 Å². The molecule has 1 aromatic heterocycles. The van der Waals surface area contributed by atoms with Crippen LogP contribution in [0.5, 0.6) is 5.75 Å². The van der Waals surface area contributed by atoms with Gasteiger partial charge < -0.3 is 5.11 Å². The lowest BCUT2D eigenvalue weighted by Crippen LogP contribution is -2.02. The van der Waals surface area contributed by atoms with Crippen LogP contribution < -0.4 is 0 Å². The van der Waals surface area contributed by atoms with E-state index in [2.05, 4.69) is 5.10 Å². The van der Waals surface area contributed by atoms with Gasteiger partial charge in [0, 0.05) is 12.1 Å². The van der Waals surface area contributed by atoms with Crippen LogP contribution in [-0.4, -0.2) is 19.1 Å². The number of hydrogen-bond acceptors (Lipinski definition) is 3. The van der Waals surface area contributed by atoms with Gasteiger partial charge in [-0.15, -0.1) is 0 Å². The molecule has 0 fully saturated rings. The van der Waals surface area contributed by atoms with Crippen molar-refractivity contribution in [2.45, 2.75) is 9.92 Å². The summed E-state index contributed by atoms with van der Waals surface area (Å²) in [6.45, 7) is 0. The first-order chi connectivity index (χ1) is 8.41. The number of rotatable bonds is 2. The number of aryl methyl sites for hydroxylation is 1. The molecule has 0 radical (unpaired) electrons. The largest absolute Gasteiger partial charge is 0.503 e. The number of hydrogen-bond donors (Lipinski definition) is 1. The molecule has 0 saturated carbocycles. The van der Waals surface area contributed by atoms with Crippen molar-refractivity contribution in [2.24, 2.45) is 7.05 Å². The Balaban J connectivity index is 2.55. The van der Waals surface area contributed by atoms with E-state index in [0.717, 1.165) is 0 Å². The number of aromatic nitrogens is 2. The maximum atomic E-state index is 12.3. The van der Waals surface area contributed by atoms with Crippen LogP contribution in [0.15, 0.2) is 28.1 Å². The summed E-state index contributed by atoms with van der Waals surface area (Å²) < 4.78 is 13.6. The Morgan fingerprint density at radius 2 is 2.00 bits per heavy atom. The topological polar surface area (TPSA) is 55.1 Å². The van der Waals surface area contributed by atoms with Crippen molar-refractivity contribution >= 4 is 45.6 Å². The van der Waals surface area contributed by atoms with E-state index in [1.54, 1.807) is 6.07 Å². The van der Waals surface area contributed by atoms with Crippen LogP contribution in [-0.2, 0) is 17.8 Å². The van der Waals surface area contributed by atoms with Gasteiger partial charge in [0.25, 0.3) is 0 Å². The molecule has 18 heavy (non-hydrogen) atoms. The summed E-state index contributed by atoms with van der Waals surface area (Å²) in [6.07, 6.45) is 0. The van der Waals surface area contributed by atoms with Crippen LogP contribution in [0.25, 0.3) is 0 Å². The molecule has 1 aromatic carbocycles. The molecule has 8 heteroatoms. The minimum atomic E-state index is -1.69. The third-order valence-electron chi connectivity index (χ3n) is 2.20. The Hall–Kier alpha value is -0.750.